The summed E-state index contributed by atoms with van der Waals surface area (Å²) >= 11 is 3.32. The number of halogens is 1. The van der Waals surface area contributed by atoms with E-state index >= 15 is 0 Å². The Hall–Kier alpha value is -1.23. The Morgan fingerprint density at radius 1 is 1.29 bits per heavy atom. The van der Waals surface area contributed by atoms with Gasteiger partial charge in [-0.1, -0.05) is 15.9 Å². The Bertz CT molecular complexity index is 398. The highest BCUT2D eigenvalue weighted by Crippen LogP contribution is 2.21. The fraction of sp³-hybridized carbons (Fsp3) is 0.417. The third-order valence-corrected chi connectivity index (χ3v) is 2.73. The molecule has 1 aromatic rings. The molecule has 94 valence electrons. The van der Waals surface area contributed by atoms with Gasteiger partial charge in [0, 0.05) is 22.5 Å². The molecule has 0 spiro atoms. The second kappa shape index (κ2) is 5.40. The molecule has 0 aliphatic heterocycles. The maximum absolute atomic E-state index is 11.9. The molecule has 4 nitrogen and oxygen atoms in total. The van der Waals surface area contributed by atoms with Crippen LogP contribution < -0.4 is 5.32 Å². The van der Waals surface area contributed by atoms with Crippen LogP contribution in [0.2, 0.25) is 0 Å². The first-order valence-electron chi connectivity index (χ1n) is 5.25. The standard InChI is InChI=1S/C12H16BrNO3/c1-12(2,3-4-13)14-11(17)8-5-9(15)7-10(16)6-8/h5-7,15-16H,3-4H2,1-2H3,(H,14,17). The zero-order valence-corrected chi connectivity index (χ0v) is 11.4. The summed E-state index contributed by atoms with van der Waals surface area (Å²) in [6.45, 7) is 3.82. The van der Waals surface area contributed by atoms with Crippen LogP contribution >= 0.6 is 15.9 Å². The lowest BCUT2D eigenvalue weighted by molar-refractivity contribution is 0.0911. The van der Waals surface area contributed by atoms with Gasteiger partial charge >= 0.3 is 0 Å². The molecular formula is C12H16BrNO3. The number of carbonyl (C=O) groups excluding carboxylic acids is 1. The van der Waals surface area contributed by atoms with Gasteiger partial charge in [0.25, 0.3) is 5.91 Å². The quantitative estimate of drug-likeness (QED) is 0.748. The van der Waals surface area contributed by atoms with Crippen LogP contribution in [-0.2, 0) is 0 Å². The number of hydrogen-bond donors (Lipinski definition) is 3. The van der Waals surface area contributed by atoms with Crippen molar-refractivity contribution in [2.45, 2.75) is 25.8 Å². The van der Waals surface area contributed by atoms with Gasteiger partial charge in [0.1, 0.15) is 11.5 Å². The van der Waals surface area contributed by atoms with Gasteiger partial charge < -0.3 is 15.5 Å². The van der Waals surface area contributed by atoms with Crippen LogP contribution in [0.3, 0.4) is 0 Å². The zero-order valence-electron chi connectivity index (χ0n) is 9.83. The number of aromatic hydroxyl groups is 2. The molecule has 1 rings (SSSR count). The van der Waals surface area contributed by atoms with Crippen molar-refractivity contribution in [1.29, 1.82) is 0 Å². The smallest absolute Gasteiger partial charge is 0.251 e. The SMILES string of the molecule is CC(C)(CCBr)NC(=O)c1cc(O)cc(O)c1. The van der Waals surface area contributed by atoms with Crippen molar-refractivity contribution < 1.29 is 15.0 Å². The van der Waals surface area contributed by atoms with E-state index in [1.165, 1.54) is 18.2 Å². The van der Waals surface area contributed by atoms with Crippen molar-refractivity contribution in [3.8, 4) is 11.5 Å². The van der Waals surface area contributed by atoms with E-state index < -0.39 is 0 Å². The van der Waals surface area contributed by atoms with Crippen molar-refractivity contribution in [2.24, 2.45) is 0 Å². The van der Waals surface area contributed by atoms with Crippen molar-refractivity contribution in [1.82, 2.24) is 5.32 Å². The van der Waals surface area contributed by atoms with E-state index in [4.69, 9.17) is 0 Å². The topological polar surface area (TPSA) is 69.6 Å². The van der Waals surface area contributed by atoms with Crippen LogP contribution in [0, 0.1) is 0 Å². The van der Waals surface area contributed by atoms with Crippen LogP contribution in [0.5, 0.6) is 11.5 Å². The number of phenolic OH excluding ortho intramolecular Hbond substituents is 2. The summed E-state index contributed by atoms with van der Waals surface area (Å²) in [6.07, 6.45) is 0.781. The first-order chi connectivity index (χ1) is 7.84. The first-order valence-corrected chi connectivity index (χ1v) is 6.38. The molecule has 0 aliphatic carbocycles. The fourth-order valence-corrected chi connectivity index (χ4v) is 2.40. The molecule has 0 saturated carbocycles. The molecule has 5 heteroatoms. The largest absolute Gasteiger partial charge is 0.508 e. The van der Waals surface area contributed by atoms with E-state index in [1.807, 2.05) is 13.8 Å². The van der Waals surface area contributed by atoms with Gasteiger partial charge in [-0.2, -0.15) is 0 Å². The summed E-state index contributed by atoms with van der Waals surface area (Å²) in [7, 11) is 0. The first kappa shape index (κ1) is 13.8. The Morgan fingerprint density at radius 2 is 1.82 bits per heavy atom. The average Bonchev–Trinajstić information content (AvgIpc) is 2.14. The minimum Gasteiger partial charge on any atom is -0.508 e. The van der Waals surface area contributed by atoms with E-state index in [9.17, 15) is 15.0 Å². The zero-order chi connectivity index (χ0) is 13.1. The van der Waals surface area contributed by atoms with Crippen molar-refractivity contribution in [2.75, 3.05) is 5.33 Å². The minimum absolute atomic E-state index is 0.131. The molecule has 0 radical (unpaired) electrons. The predicted octanol–water partition coefficient (Wildman–Crippen LogP) is 2.39. The van der Waals surface area contributed by atoms with E-state index in [1.54, 1.807) is 0 Å². The number of carbonyl (C=O) groups is 1. The van der Waals surface area contributed by atoms with Crippen molar-refractivity contribution in [3.63, 3.8) is 0 Å². The van der Waals surface area contributed by atoms with Gasteiger partial charge in [0.05, 0.1) is 0 Å². The molecule has 3 N–H and O–H groups in total. The molecule has 0 heterocycles. The van der Waals surface area contributed by atoms with Crippen LogP contribution in [0.25, 0.3) is 0 Å². The number of nitrogens with one attached hydrogen (secondary N) is 1. The van der Waals surface area contributed by atoms with Crippen LogP contribution in [0.4, 0.5) is 0 Å². The monoisotopic (exact) mass is 301 g/mol. The third-order valence-electron chi connectivity index (χ3n) is 2.34. The summed E-state index contributed by atoms with van der Waals surface area (Å²) in [4.78, 5) is 11.9. The highest BCUT2D eigenvalue weighted by molar-refractivity contribution is 9.09. The summed E-state index contributed by atoms with van der Waals surface area (Å²) in [6, 6.07) is 3.82. The molecule has 0 atom stereocenters. The number of phenols is 2. The van der Waals surface area contributed by atoms with Gasteiger partial charge in [-0.05, 0) is 32.4 Å². The maximum Gasteiger partial charge on any atom is 0.251 e. The molecular weight excluding hydrogens is 286 g/mol. The van der Waals surface area contributed by atoms with Crippen molar-refractivity contribution >= 4 is 21.8 Å². The van der Waals surface area contributed by atoms with Gasteiger partial charge in [-0.15, -0.1) is 0 Å². The number of benzene rings is 1. The average molecular weight is 302 g/mol. The molecule has 0 saturated heterocycles. The van der Waals surface area contributed by atoms with Gasteiger partial charge in [0.2, 0.25) is 0 Å². The molecule has 1 amide bonds. The Balaban J connectivity index is 2.83. The molecule has 0 unspecified atom stereocenters. The second-order valence-electron chi connectivity index (χ2n) is 4.52. The van der Waals surface area contributed by atoms with E-state index in [0.717, 1.165) is 11.8 Å². The van der Waals surface area contributed by atoms with E-state index in [-0.39, 0.29) is 28.5 Å². The molecule has 0 aromatic heterocycles. The lowest BCUT2D eigenvalue weighted by Gasteiger charge is -2.25. The molecule has 0 fully saturated rings. The Kier molecular flexibility index (Phi) is 4.40. The highest BCUT2D eigenvalue weighted by Gasteiger charge is 2.20. The minimum atomic E-state index is -0.346. The highest BCUT2D eigenvalue weighted by atomic mass is 79.9. The van der Waals surface area contributed by atoms with Crippen LogP contribution in [0.15, 0.2) is 18.2 Å². The van der Waals surface area contributed by atoms with Gasteiger partial charge in [-0.3, -0.25) is 4.79 Å². The molecule has 1 aromatic carbocycles. The Morgan fingerprint density at radius 3 is 2.29 bits per heavy atom. The molecule has 0 aliphatic rings. The third kappa shape index (κ3) is 4.26. The van der Waals surface area contributed by atoms with Crippen LogP contribution in [-0.4, -0.2) is 27.0 Å². The lowest BCUT2D eigenvalue weighted by atomic mass is 10.0. The summed E-state index contributed by atoms with van der Waals surface area (Å²) < 4.78 is 0. The Labute approximate surface area is 109 Å². The van der Waals surface area contributed by atoms with Crippen molar-refractivity contribution in [3.05, 3.63) is 23.8 Å². The number of hydrogen-bond acceptors (Lipinski definition) is 3. The summed E-state index contributed by atoms with van der Waals surface area (Å²) in [5.41, 5.74) is -0.105. The summed E-state index contributed by atoms with van der Waals surface area (Å²) in [5, 5.41) is 22.2. The normalized spacial score (nSPS) is 11.2. The lowest BCUT2D eigenvalue weighted by Crippen LogP contribution is -2.43. The molecule has 0 bridgehead atoms. The van der Waals surface area contributed by atoms with E-state index in [0.29, 0.717) is 0 Å². The predicted molar refractivity (Wildman–Crippen MR) is 69.7 cm³/mol. The second-order valence-corrected chi connectivity index (χ2v) is 5.31. The summed E-state index contributed by atoms with van der Waals surface area (Å²) in [5.74, 6) is -0.580. The van der Waals surface area contributed by atoms with E-state index in [2.05, 4.69) is 21.2 Å². The maximum atomic E-state index is 11.9. The fourth-order valence-electron chi connectivity index (χ4n) is 1.40. The van der Waals surface area contributed by atoms with Gasteiger partial charge in [-0.25, -0.2) is 0 Å². The molecule has 17 heavy (non-hydrogen) atoms. The number of alkyl halides is 1. The number of rotatable bonds is 4. The number of amides is 1. The van der Waals surface area contributed by atoms with Crippen LogP contribution in [0.1, 0.15) is 30.6 Å². The van der Waals surface area contributed by atoms with Gasteiger partial charge in [0.15, 0.2) is 0 Å².